The molecule has 5 heteroatoms. The highest BCUT2D eigenvalue weighted by molar-refractivity contribution is 9.11. The average molecular weight is 288 g/mol. The second kappa shape index (κ2) is 4.33. The molecule has 0 fully saturated rings. The first kappa shape index (κ1) is 10.0. The van der Waals surface area contributed by atoms with Gasteiger partial charge >= 0.3 is 0 Å². The molecule has 0 N–H and O–H groups in total. The summed E-state index contributed by atoms with van der Waals surface area (Å²) in [7, 11) is 0. The van der Waals surface area contributed by atoms with Crippen molar-refractivity contribution in [2.75, 3.05) is 0 Å². The topological polar surface area (TPSA) is 30.0 Å². The standard InChI is InChI=1S/C9H6BrNOS2/c10-8-2-1-7(14-8)9-11-5-6(13-9)3-4-12/h1-2,4-5H,3H2. The Kier molecular flexibility index (Phi) is 3.10. The van der Waals surface area contributed by atoms with Gasteiger partial charge in [0.1, 0.15) is 11.3 Å². The molecule has 14 heavy (non-hydrogen) atoms. The van der Waals surface area contributed by atoms with Crippen LogP contribution in [0.15, 0.2) is 22.1 Å². The van der Waals surface area contributed by atoms with E-state index in [1.165, 1.54) is 0 Å². The maximum Gasteiger partial charge on any atom is 0.133 e. The summed E-state index contributed by atoms with van der Waals surface area (Å²) in [6.45, 7) is 0. The number of carbonyl (C=O) groups is 1. The molecule has 0 saturated heterocycles. The number of carbonyl (C=O) groups excluding carboxylic acids is 1. The molecule has 0 amide bonds. The first-order valence-corrected chi connectivity index (χ1v) is 6.36. The van der Waals surface area contributed by atoms with Crippen LogP contribution in [0.3, 0.4) is 0 Å². The Labute approximate surface area is 97.7 Å². The first-order valence-electron chi connectivity index (χ1n) is 3.93. The zero-order valence-electron chi connectivity index (χ0n) is 7.07. The molecule has 2 aromatic heterocycles. The summed E-state index contributed by atoms with van der Waals surface area (Å²) in [4.78, 5) is 16.7. The summed E-state index contributed by atoms with van der Waals surface area (Å²) in [5.74, 6) is 0. The Bertz CT molecular complexity index is 449. The number of hydrogen-bond donors (Lipinski definition) is 0. The van der Waals surface area contributed by atoms with Crippen LogP contribution in [0.1, 0.15) is 4.88 Å². The number of halogens is 1. The zero-order chi connectivity index (χ0) is 9.97. The van der Waals surface area contributed by atoms with Crippen molar-refractivity contribution >= 4 is 44.9 Å². The molecular weight excluding hydrogens is 282 g/mol. The van der Waals surface area contributed by atoms with Gasteiger partial charge in [0, 0.05) is 17.5 Å². The molecule has 2 rings (SSSR count). The highest BCUT2D eigenvalue weighted by Gasteiger charge is 2.06. The fourth-order valence-corrected chi connectivity index (χ4v) is 3.33. The largest absolute Gasteiger partial charge is 0.303 e. The average Bonchev–Trinajstić information content (AvgIpc) is 2.74. The number of thiazole rings is 1. The molecule has 0 aliphatic carbocycles. The molecule has 2 nitrogen and oxygen atoms in total. The van der Waals surface area contributed by atoms with Crippen LogP contribution in [0, 0.1) is 0 Å². The lowest BCUT2D eigenvalue weighted by molar-refractivity contribution is -0.107. The lowest BCUT2D eigenvalue weighted by Gasteiger charge is -1.85. The Hall–Kier alpha value is -0.520. The fourth-order valence-electron chi connectivity index (χ4n) is 1.03. The SMILES string of the molecule is O=CCc1cnc(-c2ccc(Br)s2)s1. The normalized spacial score (nSPS) is 10.4. The highest BCUT2D eigenvalue weighted by Crippen LogP contribution is 2.33. The Morgan fingerprint density at radius 2 is 2.29 bits per heavy atom. The molecule has 0 unspecified atom stereocenters. The van der Waals surface area contributed by atoms with Crippen LogP contribution in [0.4, 0.5) is 0 Å². The van der Waals surface area contributed by atoms with Gasteiger partial charge in [-0.25, -0.2) is 4.98 Å². The van der Waals surface area contributed by atoms with E-state index in [-0.39, 0.29) is 0 Å². The quantitative estimate of drug-likeness (QED) is 0.810. The van der Waals surface area contributed by atoms with E-state index in [4.69, 9.17) is 0 Å². The van der Waals surface area contributed by atoms with Gasteiger partial charge in [0.2, 0.25) is 0 Å². The predicted octanol–water partition coefficient (Wildman–Crippen LogP) is 3.38. The van der Waals surface area contributed by atoms with Crippen LogP contribution in [0.25, 0.3) is 9.88 Å². The highest BCUT2D eigenvalue weighted by atomic mass is 79.9. The van der Waals surface area contributed by atoms with E-state index in [0.717, 1.165) is 24.8 Å². The molecule has 0 aromatic carbocycles. The van der Waals surface area contributed by atoms with Crippen LogP contribution in [-0.2, 0) is 11.2 Å². The number of thiophene rings is 1. The summed E-state index contributed by atoms with van der Waals surface area (Å²) in [6, 6.07) is 4.03. The van der Waals surface area contributed by atoms with Gasteiger partial charge in [0.05, 0.1) is 8.66 Å². The van der Waals surface area contributed by atoms with Gasteiger partial charge in [0.25, 0.3) is 0 Å². The van der Waals surface area contributed by atoms with Crippen LogP contribution in [-0.4, -0.2) is 11.3 Å². The smallest absolute Gasteiger partial charge is 0.133 e. The van der Waals surface area contributed by atoms with Crippen molar-refractivity contribution < 1.29 is 4.79 Å². The van der Waals surface area contributed by atoms with Crippen molar-refractivity contribution in [2.24, 2.45) is 0 Å². The van der Waals surface area contributed by atoms with E-state index >= 15 is 0 Å². The molecule has 0 aliphatic rings. The molecular formula is C9H6BrNOS2. The van der Waals surface area contributed by atoms with E-state index in [1.807, 2.05) is 12.1 Å². The molecule has 0 aliphatic heterocycles. The molecule has 2 heterocycles. The maximum atomic E-state index is 10.3. The van der Waals surface area contributed by atoms with E-state index < -0.39 is 0 Å². The van der Waals surface area contributed by atoms with E-state index in [9.17, 15) is 4.79 Å². The minimum atomic E-state index is 0.463. The third-order valence-corrected chi connectivity index (χ3v) is 4.43. The second-order valence-corrected chi connectivity index (χ2v) is 6.18. The van der Waals surface area contributed by atoms with Crippen LogP contribution in [0.2, 0.25) is 0 Å². The summed E-state index contributed by atoms with van der Waals surface area (Å²) < 4.78 is 1.10. The third kappa shape index (κ3) is 2.10. The van der Waals surface area contributed by atoms with E-state index in [0.29, 0.717) is 6.42 Å². The predicted molar refractivity (Wildman–Crippen MR) is 62.9 cm³/mol. The molecule has 0 spiro atoms. The van der Waals surface area contributed by atoms with E-state index in [1.54, 1.807) is 28.9 Å². The minimum absolute atomic E-state index is 0.463. The molecule has 72 valence electrons. The van der Waals surface area contributed by atoms with Gasteiger partial charge in [-0.3, -0.25) is 0 Å². The molecule has 2 aromatic rings. The molecule has 0 bridgehead atoms. The second-order valence-electron chi connectivity index (χ2n) is 2.61. The minimum Gasteiger partial charge on any atom is -0.303 e. The van der Waals surface area contributed by atoms with Crippen molar-refractivity contribution in [3.05, 3.63) is 27.0 Å². The number of rotatable bonds is 3. The number of hydrogen-bond acceptors (Lipinski definition) is 4. The van der Waals surface area contributed by atoms with Gasteiger partial charge in [0.15, 0.2) is 0 Å². The Morgan fingerprint density at radius 3 is 2.93 bits per heavy atom. The van der Waals surface area contributed by atoms with Gasteiger partial charge in [-0.2, -0.15) is 0 Å². The molecule has 0 radical (unpaired) electrons. The van der Waals surface area contributed by atoms with Gasteiger partial charge in [-0.05, 0) is 28.1 Å². The number of nitrogens with zero attached hydrogens (tertiary/aromatic N) is 1. The lowest BCUT2D eigenvalue weighted by Crippen LogP contribution is -1.76. The van der Waals surface area contributed by atoms with Crippen molar-refractivity contribution in [1.29, 1.82) is 0 Å². The van der Waals surface area contributed by atoms with Crippen molar-refractivity contribution in [3.63, 3.8) is 0 Å². The summed E-state index contributed by atoms with van der Waals surface area (Å²) in [5, 5.41) is 0.984. The summed E-state index contributed by atoms with van der Waals surface area (Å²) in [5.41, 5.74) is 0. The van der Waals surface area contributed by atoms with Crippen LogP contribution in [0.5, 0.6) is 0 Å². The monoisotopic (exact) mass is 287 g/mol. The third-order valence-electron chi connectivity index (χ3n) is 1.62. The van der Waals surface area contributed by atoms with Crippen molar-refractivity contribution in [2.45, 2.75) is 6.42 Å². The Balaban J connectivity index is 2.28. The number of aldehydes is 1. The summed E-state index contributed by atoms with van der Waals surface area (Å²) >= 11 is 6.63. The maximum absolute atomic E-state index is 10.3. The molecule has 0 saturated carbocycles. The van der Waals surface area contributed by atoms with Gasteiger partial charge in [-0.15, -0.1) is 22.7 Å². The van der Waals surface area contributed by atoms with Gasteiger partial charge in [-0.1, -0.05) is 0 Å². The van der Waals surface area contributed by atoms with Crippen LogP contribution < -0.4 is 0 Å². The molecule has 0 atom stereocenters. The summed E-state index contributed by atoms with van der Waals surface area (Å²) in [6.07, 6.45) is 3.13. The lowest BCUT2D eigenvalue weighted by atomic mass is 10.4. The van der Waals surface area contributed by atoms with Crippen molar-refractivity contribution in [1.82, 2.24) is 4.98 Å². The van der Waals surface area contributed by atoms with E-state index in [2.05, 4.69) is 20.9 Å². The van der Waals surface area contributed by atoms with Crippen molar-refractivity contribution in [3.8, 4) is 9.88 Å². The zero-order valence-corrected chi connectivity index (χ0v) is 10.3. The van der Waals surface area contributed by atoms with Gasteiger partial charge < -0.3 is 4.79 Å². The first-order chi connectivity index (χ1) is 6.79. The number of aromatic nitrogens is 1. The fraction of sp³-hybridized carbons (Fsp3) is 0.111. The van der Waals surface area contributed by atoms with Crippen LogP contribution >= 0.6 is 38.6 Å². The Morgan fingerprint density at radius 1 is 1.43 bits per heavy atom.